The number of halogens is 1. The summed E-state index contributed by atoms with van der Waals surface area (Å²) in [5.41, 5.74) is 5.69. The Morgan fingerprint density at radius 3 is 2.94 bits per heavy atom. The minimum absolute atomic E-state index is 0.160. The number of anilines is 1. The average molecular weight is 258 g/mol. The van der Waals surface area contributed by atoms with Crippen molar-refractivity contribution >= 4 is 29.2 Å². The summed E-state index contributed by atoms with van der Waals surface area (Å²) in [7, 11) is 0. The Bertz CT molecular complexity index is 425. The van der Waals surface area contributed by atoms with Crippen LogP contribution in [0.15, 0.2) is 18.5 Å². The van der Waals surface area contributed by atoms with Gasteiger partial charge in [0.05, 0.1) is 23.5 Å². The molecule has 1 atom stereocenters. The van der Waals surface area contributed by atoms with Gasteiger partial charge in [0, 0.05) is 6.20 Å². The van der Waals surface area contributed by atoms with Crippen LogP contribution in [-0.2, 0) is 14.3 Å². The molecule has 0 aliphatic carbocycles. The lowest BCUT2D eigenvalue weighted by Gasteiger charge is -2.11. The Labute approximate surface area is 103 Å². The summed E-state index contributed by atoms with van der Waals surface area (Å²) in [6.45, 7) is 1.79. The van der Waals surface area contributed by atoms with Crippen LogP contribution in [-0.4, -0.2) is 29.5 Å². The normalized spacial score (nSPS) is 11.7. The summed E-state index contributed by atoms with van der Waals surface area (Å²) in [6.07, 6.45) is 2.83. The van der Waals surface area contributed by atoms with Crippen LogP contribution in [0.1, 0.15) is 6.92 Å². The molecule has 0 saturated heterocycles. The molecule has 0 bridgehead atoms. The summed E-state index contributed by atoms with van der Waals surface area (Å²) in [4.78, 5) is 26.5. The van der Waals surface area contributed by atoms with Gasteiger partial charge in [0.25, 0.3) is 5.91 Å². The number of carbonyl (C=O) groups is 2. The Morgan fingerprint density at radius 2 is 2.35 bits per heavy atom. The highest BCUT2D eigenvalue weighted by Crippen LogP contribution is 2.18. The predicted molar refractivity (Wildman–Crippen MR) is 62.5 cm³/mol. The number of carbonyl (C=O) groups excluding carboxylic acids is 2. The van der Waals surface area contributed by atoms with Crippen molar-refractivity contribution in [3.63, 3.8) is 0 Å². The molecule has 1 amide bonds. The highest BCUT2D eigenvalue weighted by atomic mass is 35.5. The standard InChI is InChI=1S/C10H12ClN3O3/c1-2-17-10(16)8(12)9(15)14-7-5-13-4-3-6(7)11/h3-5,8H,2,12H2,1H3,(H,14,15). The molecule has 1 aromatic rings. The molecule has 92 valence electrons. The second-order valence-electron chi connectivity index (χ2n) is 3.07. The minimum Gasteiger partial charge on any atom is -0.464 e. The maximum atomic E-state index is 11.6. The quantitative estimate of drug-likeness (QED) is 0.607. The van der Waals surface area contributed by atoms with Gasteiger partial charge in [0.15, 0.2) is 6.04 Å². The molecular weight excluding hydrogens is 246 g/mol. The number of nitrogens with zero attached hydrogens (tertiary/aromatic N) is 1. The number of nitrogens with two attached hydrogens (primary N) is 1. The van der Waals surface area contributed by atoms with Crippen molar-refractivity contribution in [2.24, 2.45) is 5.73 Å². The molecule has 6 nitrogen and oxygen atoms in total. The van der Waals surface area contributed by atoms with Gasteiger partial charge in [0.2, 0.25) is 0 Å². The van der Waals surface area contributed by atoms with Crippen LogP contribution in [0.2, 0.25) is 5.02 Å². The molecule has 0 aliphatic rings. The molecule has 17 heavy (non-hydrogen) atoms. The van der Waals surface area contributed by atoms with Gasteiger partial charge in [-0.05, 0) is 13.0 Å². The van der Waals surface area contributed by atoms with E-state index in [1.54, 1.807) is 6.92 Å². The predicted octanol–water partition coefficient (Wildman–Crippen LogP) is 0.564. The average Bonchev–Trinajstić information content (AvgIpc) is 2.31. The lowest BCUT2D eigenvalue weighted by Crippen LogP contribution is -2.43. The van der Waals surface area contributed by atoms with E-state index in [0.29, 0.717) is 10.7 Å². The van der Waals surface area contributed by atoms with Crippen LogP contribution in [0.3, 0.4) is 0 Å². The molecule has 1 aromatic heterocycles. The number of esters is 1. The van der Waals surface area contributed by atoms with E-state index in [2.05, 4.69) is 15.0 Å². The topological polar surface area (TPSA) is 94.3 Å². The summed E-state index contributed by atoms with van der Waals surface area (Å²) in [6, 6.07) is 0.124. The third kappa shape index (κ3) is 3.69. The lowest BCUT2D eigenvalue weighted by atomic mass is 10.3. The van der Waals surface area contributed by atoms with Crippen molar-refractivity contribution in [1.82, 2.24) is 4.98 Å². The highest BCUT2D eigenvalue weighted by molar-refractivity contribution is 6.33. The lowest BCUT2D eigenvalue weighted by molar-refractivity contribution is -0.146. The number of amides is 1. The van der Waals surface area contributed by atoms with Gasteiger partial charge in [0.1, 0.15) is 0 Å². The third-order valence-corrected chi connectivity index (χ3v) is 2.18. The van der Waals surface area contributed by atoms with E-state index in [9.17, 15) is 9.59 Å². The molecule has 1 unspecified atom stereocenters. The zero-order valence-corrected chi connectivity index (χ0v) is 9.90. The van der Waals surface area contributed by atoms with Gasteiger partial charge in [-0.2, -0.15) is 0 Å². The first-order valence-corrected chi connectivity index (χ1v) is 5.26. The fourth-order valence-corrected chi connectivity index (χ4v) is 1.17. The fourth-order valence-electron chi connectivity index (χ4n) is 1.02. The Hall–Kier alpha value is -1.66. The van der Waals surface area contributed by atoms with E-state index in [0.717, 1.165) is 0 Å². The molecular formula is C10H12ClN3O3. The molecule has 1 heterocycles. The molecule has 0 spiro atoms. The molecule has 3 N–H and O–H groups in total. The molecule has 0 fully saturated rings. The number of hydrogen-bond donors (Lipinski definition) is 2. The van der Waals surface area contributed by atoms with Crippen molar-refractivity contribution in [3.05, 3.63) is 23.5 Å². The smallest absolute Gasteiger partial charge is 0.332 e. The van der Waals surface area contributed by atoms with E-state index in [-0.39, 0.29) is 6.61 Å². The molecule has 0 saturated carbocycles. The number of nitrogens with one attached hydrogen (secondary N) is 1. The zero-order valence-electron chi connectivity index (χ0n) is 9.14. The van der Waals surface area contributed by atoms with Crippen molar-refractivity contribution in [1.29, 1.82) is 0 Å². The molecule has 0 radical (unpaired) electrons. The number of hydrogen-bond acceptors (Lipinski definition) is 5. The molecule has 0 aromatic carbocycles. The van der Waals surface area contributed by atoms with Crippen LogP contribution in [0.4, 0.5) is 5.69 Å². The first kappa shape index (κ1) is 13.4. The van der Waals surface area contributed by atoms with Gasteiger partial charge in [-0.1, -0.05) is 11.6 Å². The summed E-state index contributed by atoms with van der Waals surface area (Å²) in [5.74, 6) is -1.48. The number of pyridine rings is 1. The van der Waals surface area contributed by atoms with Gasteiger partial charge < -0.3 is 15.8 Å². The monoisotopic (exact) mass is 257 g/mol. The summed E-state index contributed by atoms with van der Waals surface area (Å²) in [5, 5.41) is 2.70. The van der Waals surface area contributed by atoms with Gasteiger partial charge in [-0.3, -0.25) is 9.78 Å². The Kier molecular flexibility index (Phi) is 4.86. The van der Waals surface area contributed by atoms with Crippen molar-refractivity contribution in [3.8, 4) is 0 Å². The number of rotatable bonds is 4. The Morgan fingerprint density at radius 1 is 1.65 bits per heavy atom. The van der Waals surface area contributed by atoms with Crippen LogP contribution in [0.5, 0.6) is 0 Å². The van der Waals surface area contributed by atoms with Gasteiger partial charge >= 0.3 is 5.97 Å². The second kappa shape index (κ2) is 6.17. The van der Waals surface area contributed by atoms with Crippen LogP contribution in [0, 0.1) is 0 Å². The van der Waals surface area contributed by atoms with E-state index in [1.807, 2.05) is 0 Å². The van der Waals surface area contributed by atoms with Crippen molar-refractivity contribution in [2.75, 3.05) is 11.9 Å². The van der Waals surface area contributed by atoms with E-state index in [4.69, 9.17) is 17.3 Å². The fraction of sp³-hybridized carbons (Fsp3) is 0.300. The molecule has 0 aliphatic heterocycles. The van der Waals surface area contributed by atoms with Gasteiger partial charge in [-0.15, -0.1) is 0 Å². The second-order valence-corrected chi connectivity index (χ2v) is 3.48. The first-order valence-electron chi connectivity index (χ1n) is 4.88. The highest BCUT2D eigenvalue weighted by Gasteiger charge is 2.23. The largest absolute Gasteiger partial charge is 0.464 e. The van der Waals surface area contributed by atoms with Crippen molar-refractivity contribution in [2.45, 2.75) is 13.0 Å². The molecule has 7 heteroatoms. The molecule has 1 rings (SSSR count). The SMILES string of the molecule is CCOC(=O)C(N)C(=O)Nc1cnccc1Cl. The summed E-state index contributed by atoms with van der Waals surface area (Å²) >= 11 is 5.80. The van der Waals surface area contributed by atoms with E-state index < -0.39 is 17.9 Å². The van der Waals surface area contributed by atoms with Crippen molar-refractivity contribution < 1.29 is 14.3 Å². The van der Waals surface area contributed by atoms with Crippen LogP contribution in [0.25, 0.3) is 0 Å². The third-order valence-electron chi connectivity index (χ3n) is 1.85. The number of aromatic nitrogens is 1. The Balaban J connectivity index is 2.67. The summed E-state index contributed by atoms with van der Waals surface area (Å²) < 4.78 is 4.62. The van der Waals surface area contributed by atoms with Crippen LogP contribution < -0.4 is 11.1 Å². The number of ether oxygens (including phenoxy) is 1. The maximum Gasteiger partial charge on any atom is 0.332 e. The first-order chi connectivity index (χ1) is 8.06. The van der Waals surface area contributed by atoms with Crippen LogP contribution >= 0.6 is 11.6 Å². The minimum atomic E-state index is -1.38. The maximum absolute atomic E-state index is 11.6. The van der Waals surface area contributed by atoms with E-state index in [1.165, 1.54) is 18.5 Å². The zero-order chi connectivity index (χ0) is 12.8. The van der Waals surface area contributed by atoms with E-state index >= 15 is 0 Å². The van der Waals surface area contributed by atoms with Gasteiger partial charge in [-0.25, -0.2) is 4.79 Å².